The Balaban J connectivity index is 0.000000161. The first-order valence-corrected chi connectivity index (χ1v) is 18.5. The van der Waals surface area contributed by atoms with Gasteiger partial charge in [0.15, 0.2) is 34.2 Å². The fourth-order valence-corrected chi connectivity index (χ4v) is 8.15. The van der Waals surface area contributed by atoms with E-state index in [1.807, 2.05) is 12.1 Å². The molecule has 5 aliphatic rings. The van der Waals surface area contributed by atoms with Crippen LogP contribution in [0.15, 0.2) is 93.5 Å². The van der Waals surface area contributed by atoms with Crippen LogP contribution < -0.4 is 20.9 Å². The summed E-state index contributed by atoms with van der Waals surface area (Å²) in [5.74, 6) is -0.888. The maximum absolute atomic E-state index is 15.3. The van der Waals surface area contributed by atoms with Crippen molar-refractivity contribution in [2.45, 2.75) is 30.8 Å². The van der Waals surface area contributed by atoms with Crippen molar-refractivity contribution in [3.8, 4) is 39.9 Å². The number of halogens is 4. The minimum atomic E-state index is -1.10. The Hall–Kier alpha value is -5.80. The Bertz CT molecular complexity index is 2510. The molecule has 5 aromatic rings. The topological polar surface area (TPSA) is 156 Å². The largest absolute Gasteiger partial charge is 0.508 e. The highest BCUT2D eigenvalue weighted by Gasteiger charge is 2.49. The number of fused-ring (bicyclic) bond motifs is 8. The van der Waals surface area contributed by atoms with Crippen LogP contribution in [0.3, 0.4) is 0 Å². The van der Waals surface area contributed by atoms with Gasteiger partial charge < -0.3 is 40.3 Å². The quantitative estimate of drug-likeness (QED) is 0.155. The zero-order chi connectivity index (χ0) is 39.0. The Morgan fingerprint density at radius 1 is 0.750 bits per heavy atom. The number of rotatable bonds is 4. The molecule has 15 heteroatoms. The number of aliphatic imine (C=N–C) groups is 2. The van der Waals surface area contributed by atoms with Gasteiger partial charge in [-0.05, 0) is 84.6 Å². The highest BCUT2D eigenvalue weighted by atomic mass is 79.9. The van der Waals surface area contributed by atoms with Crippen LogP contribution in [0, 0.1) is 23.0 Å². The van der Waals surface area contributed by atoms with Crippen LogP contribution in [0.4, 0.5) is 13.2 Å². The minimum absolute atomic E-state index is 0.0155. The number of nitrogens with zero attached hydrogens (tertiary/aromatic N) is 3. The van der Waals surface area contributed by atoms with E-state index in [1.54, 1.807) is 42.5 Å². The maximum atomic E-state index is 15.3. The number of nitrogens with two attached hydrogens (primary N) is 2. The first kappa shape index (κ1) is 35.9. The fraction of sp³-hybridized carbons (Fsp3) is 0.244. The molecule has 0 bridgehead atoms. The van der Waals surface area contributed by atoms with Crippen molar-refractivity contribution in [3.63, 3.8) is 0 Å². The average Bonchev–Trinajstić information content (AvgIpc) is 3.75. The molecular weight excluding hydrogens is 795 g/mol. The maximum Gasteiger partial charge on any atom is 0.283 e. The summed E-state index contributed by atoms with van der Waals surface area (Å²) in [7, 11) is 0. The smallest absolute Gasteiger partial charge is 0.283 e. The number of phenols is 1. The van der Waals surface area contributed by atoms with Gasteiger partial charge >= 0.3 is 0 Å². The molecule has 56 heavy (non-hydrogen) atoms. The summed E-state index contributed by atoms with van der Waals surface area (Å²) in [6.45, 7) is 3.80. The number of benzene rings is 4. The van der Waals surface area contributed by atoms with Crippen LogP contribution in [0.1, 0.15) is 41.2 Å². The van der Waals surface area contributed by atoms with E-state index in [-0.39, 0.29) is 47.9 Å². The monoisotopic (exact) mass is 827 g/mol. The summed E-state index contributed by atoms with van der Waals surface area (Å²) in [4.78, 5) is 12.8. The normalized spacial score (nSPS) is 21.7. The predicted octanol–water partition coefficient (Wildman–Crippen LogP) is 7.68. The van der Waals surface area contributed by atoms with Crippen molar-refractivity contribution >= 4 is 28.0 Å². The van der Waals surface area contributed by atoms with Crippen molar-refractivity contribution in [2.75, 3.05) is 26.4 Å². The summed E-state index contributed by atoms with van der Waals surface area (Å²) < 4.78 is 72.8. The second-order valence-corrected chi connectivity index (χ2v) is 15.6. The number of hydrogen-bond donors (Lipinski definition) is 3. The molecule has 0 aliphatic carbocycles. The Kier molecular flexibility index (Phi) is 8.43. The minimum Gasteiger partial charge on any atom is -0.508 e. The second-order valence-electron chi connectivity index (χ2n) is 14.7. The van der Waals surface area contributed by atoms with E-state index in [2.05, 4.69) is 37.8 Å². The Labute approximate surface area is 326 Å². The number of ether oxygens (including phenoxy) is 5. The molecule has 1 fully saturated rings. The standard InChI is InChI=1S/C26H23F2N3O3.C15H10BrFN2O3/c1-25(12-32-13-25)7-6-15-9-19-22(20(27)10-15)34-21-5-4-16(17-3-2-8-30-23(17)28)11-18(21)26(19)14-33-24(29)31-26;16-7-1-2-12-9(3-7)15(6-21-14(18)19-15)10-4-8(20)5-11(17)13(10)22-12/h2-5,8-11H,6-7,12-14H2,1H3,(H2,29,31);1-5,20H,6H2,(H2,18,19)/t26-;15-/m00/s1. The third-order valence-electron chi connectivity index (χ3n) is 10.7. The van der Waals surface area contributed by atoms with Crippen LogP contribution in [0.25, 0.3) is 11.1 Å². The number of pyridine rings is 1. The summed E-state index contributed by atoms with van der Waals surface area (Å²) in [5, 5.41) is 9.76. The van der Waals surface area contributed by atoms with E-state index in [0.717, 1.165) is 22.5 Å². The lowest BCUT2D eigenvalue weighted by Gasteiger charge is -2.38. The number of aryl methyl sites for hydroxylation is 1. The van der Waals surface area contributed by atoms with Gasteiger partial charge in [0.1, 0.15) is 30.5 Å². The molecule has 286 valence electrons. The number of amidine groups is 2. The van der Waals surface area contributed by atoms with Crippen molar-refractivity contribution in [3.05, 3.63) is 129 Å². The predicted molar refractivity (Wildman–Crippen MR) is 202 cm³/mol. The summed E-state index contributed by atoms with van der Waals surface area (Å²) in [6.07, 6.45) is 2.96. The first-order chi connectivity index (χ1) is 26.9. The molecule has 0 amide bonds. The molecule has 11 nitrogen and oxygen atoms in total. The van der Waals surface area contributed by atoms with E-state index in [4.69, 9.17) is 35.2 Å². The Morgan fingerprint density at radius 2 is 1.38 bits per heavy atom. The average molecular weight is 829 g/mol. The molecule has 2 atom stereocenters. The Morgan fingerprint density at radius 3 is 1.98 bits per heavy atom. The third kappa shape index (κ3) is 5.87. The lowest BCUT2D eigenvalue weighted by Crippen LogP contribution is -2.40. The summed E-state index contributed by atoms with van der Waals surface area (Å²) >= 11 is 3.41. The van der Waals surface area contributed by atoms with Gasteiger partial charge in [-0.1, -0.05) is 28.9 Å². The molecule has 0 radical (unpaired) electrons. The number of aromatic hydroxyl groups is 1. The van der Waals surface area contributed by atoms with Crippen LogP contribution in [0.2, 0.25) is 0 Å². The molecule has 2 spiro atoms. The fourth-order valence-electron chi connectivity index (χ4n) is 7.79. The zero-order valence-corrected chi connectivity index (χ0v) is 31.3. The molecule has 4 aromatic carbocycles. The lowest BCUT2D eigenvalue weighted by molar-refractivity contribution is -0.105. The lowest BCUT2D eigenvalue weighted by atomic mass is 9.78. The zero-order valence-electron chi connectivity index (χ0n) is 29.7. The van der Waals surface area contributed by atoms with E-state index in [0.29, 0.717) is 64.5 Å². The van der Waals surface area contributed by atoms with Crippen molar-refractivity contribution < 1.29 is 42.0 Å². The molecule has 6 heterocycles. The molecule has 5 aliphatic heterocycles. The van der Waals surface area contributed by atoms with Gasteiger partial charge in [0.25, 0.3) is 12.0 Å². The van der Waals surface area contributed by atoms with Gasteiger partial charge in [0, 0.05) is 50.0 Å². The summed E-state index contributed by atoms with van der Waals surface area (Å²) in [5.41, 5.74) is 13.7. The summed E-state index contributed by atoms with van der Waals surface area (Å²) in [6, 6.07) is 19.8. The second kappa shape index (κ2) is 13.2. The van der Waals surface area contributed by atoms with E-state index >= 15 is 4.39 Å². The molecule has 0 unspecified atom stereocenters. The molecule has 10 rings (SSSR count). The number of aromatic nitrogens is 1. The highest BCUT2D eigenvalue weighted by Crippen LogP contribution is 2.54. The van der Waals surface area contributed by atoms with Gasteiger partial charge in [-0.25, -0.2) is 23.7 Å². The molecular formula is C41H33BrF3N5O6. The molecule has 1 aromatic heterocycles. The third-order valence-corrected chi connectivity index (χ3v) is 11.2. The van der Waals surface area contributed by atoms with Gasteiger partial charge in [-0.3, -0.25) is 0 Å². The van der Waals surface area contributed by atoms with Crippen molar-refractivity contribution in [1.82, 2.24) is 4.98 Å². The van der Waals surface area contributed by atoms with Crippen LogP contribution in [-0.2, 0) is 31.7 Å². The number of phenolic OH excluding ortho intramolecular Hbond substituents is 1. The van der Waals surface area contributed by atoms with Gasteiger partial charge in [-0.15, -0.1) is 0 Å². The molecule has 1 saturated heterocycles. The van der Waals surface area contributed by atoms with Gasteiger partial charge in [-0.2, -0.15) is 4.39 Å². The van der Waals surface area contributed by atoms with Crippen molar-refractivity contribution in [1.29, 1.82) is 0 Å². The van der Waals surface area contributed by atoms with E-state index in [9.17, 15) is 13.9 Å². The first-order valence-electron chi connectivity index (χ1n) is 17.7. The van der Waals surface area contributed by atoms with Gasteiger partial charge in [0.2, 0.25) is 5.95 Å². The molecule has 5 N–H and O–H groups in total. The van der Waals surface area contributed by atoms with E-state index < -0.39 is 28.7 Å². The molecule has 0 saturated carbocycles. The van der Waals surface area contributed by atoms with Crippen LogP contribution in [-0.4, -0.2) is 48.6 Å². The highest BCUT2D eigenvalue weighted by molar-refractivity contribution is 9.10. The van der Waals surface area contributed by atoms with Crippen LogP contribution in [0.5, 0.6) is 28.7 Å². The van der Waals surface area contributed by atoms with Crippen LogP contribution >= 0.6 is 15.9 Å². The van der Waals surface area contributed by atoms with E-state index in [1.165, 1.54) is 18.3 Å². The number of hydrogen-bond acceptors (Lipinski definition) is 11. The SMILES string of the molecule is CC1(CCc2cc(F)c3c(c2)[C@]2(COC(N)=N2)c2cc(-c4cccnc4F)ccc2O3)COC1.NC1=N[C@@]2(CO1)c1cc(Br)ccc1Oc1c(F)cc(O)cc12. The van der Waals surface area contributed by atoms with Crippen molar-refractivity contribution in [2.24, 2.45) is 26.9 Å². The van der Waals surface area contributed by atoms with Gasteiger partial charge in [0.05, 0.1) is 13.2 Å².